The topological polar surface area (TPSA) is 9.23 Å². The highest BCUT2D eigenvalue weighted by molar-refractivity contribution is 5.29. The van der Waals surface area contributed by atoms with Crippen molar-refractivity contribution >= 4 is 0 Å². The molecule has 1 aromatic rings. The second-order valence-electron chi connectivity index (χ2n) is 7.82. The van der Waals surface area contributed by atoms with Gasteiger partial charge in [-0.15, -0.1) is 13.2 Å². The van der Waals surface area contributed by atoms with E-state index >= 15 is 0 Å². The van der Waals surface area contributed by atoms with Gasteiger partial charge in [-0.05, 0) is 48.3 Å². The molecule has 2 fully saturated rings. The van der Waals surface area contributed by atoms with E-state index in [4.69, 9.17) is 0 Å². The van der Waals surface area contributed by atoms with Gasteiger partial charge in [-0.1, -0.05) is 70.9 Å². The van der Waals surface area contributed by atoms with Crippen LogP contribution >= 0.6 is 0 Å². The van der Waals surface area contributed by atoms with Gasteiger partial charge in [0.1, 0.15) is 5.75 Å². The molecule has 0 aromatic heterocycles. The fourth-order valence-corrected chi connectivity index (χ4v) is 3.84. The lowest BCUT2D eigenvalue weighted by atomic mass is 9.79. The summed E-state index contributed by atoms with van der Waals surface area (Å²) in [5.41, 5.74) is 1.12. The predicted octanol–water partition coefficient (Wildman–Crippen LogP) is 7.47. The van der Waals surface area contributed by atoms with E-state index in [2.05, 4.69) is 18.6 Å². The number of halogens is 3. The van der Waals surface area contributed by atoms with Crippen LogP contribution in [0.5, 0.6) is 5.75 Å². The Balaban J connectivity index is 0.000000269. The van der Waals surface area contributed by atoms with Crippen molar-refractivity contribution in [2.75, 3.05) is 0 Å². The van der Waals surface area contributed by atoms with Crippen molar-refractivity contribution < 1.29 is 17.9 Å². The molecule has 0 amide bonds. The Morgan fingerprint density at radius 3 is 1.72 bits per heavy atom. The first-order chi connectivity index (χ1) is 11.8. The molecular formula is C21H31F3O. The molecule has 2 aliphatic carbocycles. The standard InChI is InChI=1S/C14H17F3O.C7H14/c1-10-2-4-11(5-3-10)12-6-8-13(9-7-12)18-14(15,16)17;1-7-5-3-2-4-6-7/h6-11H,2-5H2,1H3;7H,2-6H2,1H3. The van der Waals surface area contributed by atoms with E-state index in [1.54, 1.807) is 12.1 Å². The van der Waals surface area contributed by atoms with Crippen LogP contribution in [0, 0.1) is 11.8 Å². The molecule has 4 heteroatoms. The zero-order valence-corrected chi connectivity index (χ0v) is 15.4. The minimum absolute atomic E-state index is 0.143. The van der Waals surface area contributed by atoms with Gasteiger partial charge < -0.3 is 4.74 Å². The number of hydrogen-bond donors (Lipinski definition) is 0. The Morgan fingerprint density at radius 1 is 0.760 bits per heavy atom. The first-order valence-corrected chi connectivity index (χ1v) is 9.69. The maximum absolute atomic E-state index is 12.0. The molecule has 0 unspecified atom stereocenters. The van der Waals surface area contributed by atoms with Gasteiger partial charge in [-0.25, -0.2) is 0 Å². The fraction of sp³-hybridized carbons (Fsp3) is 0.714. The summed E-state index contributed by atoms with van der Waals surface area (Å²) in [6.07, 6.45) is 7.48. The third kappa shape index (κ3) is 7.70. The van der Waals surface area contributed by atoms with Crippen LogP contribution in [-0.2, 0) is 0 Å². The van der Waals surface area contributed by atoms with E-state index in [1.807, 2.05) is 0 Å². The Labute approximate surface area is 150 Å². The summed E-state index contributed by atoms with van der Waals surface area (Å²) >= 11 is 0. The van der Waals surface area contributed by atoms with Gasteiger partial charge in [0.15, 0.2) is 0 Å². The van der Waals surface area contributed by atoms with Crippen LogP contribution in [0.4, 0.5) is 13.2 Å². The Hall–Kier alpha value is -1.19. The third-order valence-electron chi connectivity index (χ3n) is 5.49. The van der Waals surface area contributed by atoms with E-state index < -0.39 is 6.36 Å². The van der Waals surface area contributed by atoms with Crippen LogP contribution in [0.15, 0.2) is 24.3 Å². The number of ether oxygens (including phenoxy) is 1. The lowest BCUT2D eigenvalue weighted by molar-refractivity contribution is -0.274. The molecule has 0 heterocycles. The SMILES string of the molecule is CC1CCC(c2ccc(OC(F)(F)F)cc2)CC1.CC1CCCCC1. The zero-order chi connectivity index (χ0) is 18.3. The van der Waals surface area contributed by atoms with E-state index in [0.717, 1.165) is 30.2 Å². The lowest BCUT2D eigenvalue weighted by Crippen LogP contribution is -2.17. The van der Waals surface area contributed by atoms with Gasteiger partial charge in [0.05, 0.1) is 0 Å². The Bertz CT molecular complexity index is 481. The number of alkyl halides is 3. The molecule has 2 aliphatic rings. The van der Waals surface area contributed by atoms with E-state index in [0.29, 0.717) is 5.92 Å². The van der Waals surface area contributed by atoms with Crippen molar-refractivity contribution in [2.45, 2.75) is 83.9 Å². The Morgan fingerprint density at radius 2 is 1.28 bits per heavy atom. The molecule has 1 nitrogen and oxygen atoms in total. The Kier molecular flexibility index (Phi) is 7.64. The molecule has 0 radical (unpaired) electrons. The van der Waals surface area contributed by atoms with Crippen LogP contribution in [-0.4, -0.2) is 6.36 Å². The van der Waals surface area contributed by atoms with Gasteiger partial charge in [0.25, 0.3) is 0 Å². The molecule has 0 aliphatic heterocycles. The molecule has 2 saturated carbocycles. The highest BCUT2D eigenvalue weighted by atomic mass is 19.4. The van der Waals surface area contributed by atoms with Gasteiger partial charge in [0.2, 0.25) is 0 Å². The molecule has 0 N–H and O–H groups in total. The number of rotatable bonds is 2. The van der Waals surface area contributed by atoms with Gasteiger partial charge >= 0.3 is 6.36 Å². The second kappa shape index (κ2) is 9.49. The highest BCUT2D eigenvalue weighted by Gasteiger charge is 2.31. The summed E-state index contributed by atoms with van der Waals surface area (Å²) < 4.78 is 39.9. The summed E-state index contributed by atoms with van der Waals surface area (Å²) in [5.74, 6) is 2.15. The normalized spacial score (nSPS) is 25.0. The van der Waals surface area contributed by atoms with E-state index in [1.165, 1.54) is 57.1 Å². The smallest absolute Gasteiger partial charge is 0.406 e. The monoisotopic (exact) mass is 356 g/mol. The summed E-state index contributed by atoms with van der Waals surface area (Å²) in [7, 11) is 0. The minimum atomic E-state index is -4.61. The summed E-state index contributed by atoms with van der Waals surface area (Å²) in [5, 5.41) is 0. The largest absolute Gasteiger partial charge is 0.573 e. The van der Waals surface area contributed by atoms with Crippen molar-refractivity contribution in [1.29, 1.82) is 0 Å². The highest BCUT2D eigenvalue weighted by Crippen LogP contribution is 2.36. The molecule has 0 atom stereocenters. The summed E-state index contributed by atoms with van der Waals surface area (Å²) in [6.45, 7) is 4.61. The molecule has 142 valence electrons. The summed E-state index contributed by atoms with van der Waals surface area (Å²) in [4.78, 5) is 0. The van der Waals surface area contributed by atoms with Crippen molar-refractivity contribution in [1.82, 2.24) is 0 Å². The van der Waals surface area contributed by atoms with Gasteiger partial charge in [-0.3, -0.25) is 0 Å². The van der Waals surface area contributed by atoms with Gasteiger partial charge in [0, 0.05) is 0 Å². The molecule has 1 aromatic carbocycles. The molecule has 25 heavy (non-hydrogen) atoms. The molecule has 0 spiro atoms. The number of benzene rings is 1. The average molecular weight is 356 g/mol. The molecule has 0 saturated heterocycles. The zero-order valence-electron chi connectivity index (χ0n) is 15.4. The van der Waals surface area contributed by atoms with E-state index in [9.17, 15) is 13.2 Å². The lowest BCUT2D eigenvalue weighted by Gasteiger charge is -2.26. The molecule has 0 bridgehead atoms. The molecule has 3 rings (SSSR count). The van der Waals surface area contributed by atoms with Crippen molar-refractivity contribution in [3.63, 3.8) is 0 Å². The van der Waals surface area contributed by atoms with Crippen LogP contribution < -0.4 is 4.74 Å². The first-order valence-electron chi connectivity index (χ1n) is 9.69. The predicted molar refractivity (Wildman–Crippen MR) is 95.7 cm³/mol. The van der Waals surface area contributed by atoms with Crippen molar-refractivity contribution in [3.05, 3.63) is 29.8 Å². The van der Waals surface area contributed by atoms with Crippen LogP contribution in [0.2, 0.25) is 0 Å². The maximum Gasteiger partial charge on any atom is 0.573 e. The summed E-state index contributed by atoms with van der Waals surface area (Å²) in [6, 6.07) is 6.31. The first kappa shape index (κ1) is 20.1. The van der Waals surface area contributed by atoms with E-state index in [-0.39, 0.29) is 5.75 Å². The molecular weight excluding hydrogens is 325 g/mol. The number of hydrogen-bond acceptors (Lipinski definition) is 1. The maximum atomic E-state index is 12.0. The fourth-order valence-electron chi connectivity index (χ4n) is 3.84. The minimum Gasteiger partial charge on any atom is -0.406 e. The van der Waals surface area contributed by atoms with Crippen LogP contribution in [0.3, 0.4) is 0 Å². The second-order valence-corrected chi connectivity index (χ2v) is 7.82. The third-order valence-corrected chi connectivity index (χ3v) is 5.49. The van der Waals surface area contributed by atoms with Crippen molar-refractivity contribution in [3.8, 4) is 5.75 Å². The van der Waals surface area contributed by atoms with Crippen molar-refractivity contribution in [2.24, 2.45) is 11.8 Å². The van der Waals surface area contributed by atoms with Gasteiger partial charge in [-0.2, -0.15) is 0 Å². The average Bonchev–Trinajstić information content (AvgIpc) is 2.56. The van der Waals surface area contributed by atoms with Crippen LogP contribution in [0.25, 0.3) is 0 Å². The van der Waals surface area contributed by atoms with Crippen LogP contribution in [0.1, 0.15) is 83.1 Å². The quantitative estimate of drug-likeness (QED) is 0.534.